The Morgan fingerprint density at radius 2 is 2.05 bits per heavy atom. The maximum absolute atomic E-state index is 10.7. The van der Waals surface area contributed by atoms with Crippen molar-refractivity contribution >= 4 is 5.69 Å². The molecule has 0 aliphatic carbocycles. The van der Waals surface area contributed by atoms with Crippen molar-refractivity contribution in [2.75, 3.05) is 26.2 Å². The normalized spacial score (nSPS) is 9.81. The predicted molar refractivity (Wildman–Crippen MR) is 75.7 cm³/mol. The Balaban J connectivity index is 0.00000400. The lowest BCUT2D eigenvalue weighted by atomic mass is 10.2. The summed E-state index contributed by atoms with van der Waals surface area (Å²) in [7, 11) is 0. The van der Waals surface area contributed by atoms with Gasteiger partial charge in [0.15, 0.2) is 0 Å². The summed E-state index contributed by atoms with van der Waals surface area (Å²) in [6, 6.07) is 6.00. The Morgan fingerprint density at radius 1 is 1.38 bits per heavy atom. The van der Waals surface area contributed by atoms with Crippen molar-refractivity contribution in [2.45, 2.75) is 20.3 Å². The molecule has 0 amide bonds. The zero-order chi connectivity index (χ0) is 15.0. The second-order valence-electron chi connectivity index (χ2n) is 4.28. The summed E-state index contributed by atoms with van der Waals surface area (Å²) in [6.07, 6.45) is 0.815. The van der Waals surface area contributed by atoms with E-state index in [2.05, 4.69) is 18.7 Å². The first-order valence-electron chi connectivity index (χ1n) is 6.66. The van der Waals surface area contributed by atoms with Crippen molar-refractivity contribution in [3.05, 3.63) is 33.9 Å². The maximum atomic E-state index is 10.7. The monoisotopic (exact) mass is 312 g/mol. The molecule has 0 aliphatic heterocycles. The molecule has 0 atom stereocenters. The molecule has 0 radical (unpaired) electrons. The van der Waals surface area contributed by atoms with Crippen LogP contribution in [0.4, 0.5) is 5.69 Å². The third-order valence-electron chi connectivity index (χ3n) is 3.07. The van der Waals surface area contributed by atoms with Crippen LogP contribution in [0.25, 0.3) is 0 Å². The first kappa shape index (κ1) is 19.2. The van der Waals surface area contributed by atoms with Gasteiger partial charge in [0, 0.05) is 12.6 Å². The SMILES string of the molecule is CCN(CC)CCCOc1cc([N+](=O)[O-])ccc1C#N.[Cl-]. The lowest BCUT2D eigenvalue weighted by molar-refractivity contribution is -0.384. The Morgan fingerprint density at radius 3 is 2.57 bits per heavy atom. The minimum Gasteiger partial charge on any atom is -1.00 e. The van der Waals surface area contributed by atoms with Crippen molar-refractivity contribution < 1.29 is 22.1 Å². The van der Waals surface area contributed by atoms with Crippen LogP contribution in [0, 0.1) is 21.4 Å². The topological polar surface area (TPSA) is 79.4 Å². The van der Waals surface area contributed by atoms with E-state index in [4.69, 9.17) is 10.00 Å². The Hall–Kier alpha value is -1.84. The Bertz CT molecular complexity index is 499. The third-order valence-corrected chi connectivity index (χ3v) is 3.07. The van der Waals surface area contributed by atoms with Gasteiger partial charge in [-0.3, -0.25) is 10.1 Å². The molecule has 0 aromatic heterocycles. The number of ether oxygens (including phenoxy) is 1. The lowest BCUT2D eigenvalue weighted by Gasteiger charge is -2.17. The van der Waals surface area contributed by atoms with Gasteiger partial charge >= 0.3 is 0 Å². The van der Waals surface area contributed by atoms with Gasteiger partial charge < -0.3 is 22.0 Å². The second kappa shape index (κ2) is 9.97. The zero-order valence-electron chi connectivity index (χ0n) is 12.2. The number of non-ortho nitro benzene ring substituents is 1. The lowest BCUT2D eigenvalue weighted by Crippen LogP contribution is -3.00. The summed E-state index contributed by atoms with van der Waals surface area (Å²) in [6.45, 7) is 7.50. The van der Waals surface area contributed by atoms with E-state index in [-0.39, 0.29) is 23.8 Å². The van der Waals surface area contributed by atoms with Gasteiger partial charge in [-0.25, -0.2) is 0 Å². The molecule has 0 bridgehead atoms. The number of hydrogen-bond donors (Lipinski definition) is 0. The smallest absolute Gasteiger partial charge is 0.273 e. The highest BCUT2D eigenvalue weighted by Crippen LogP contribution is 2.24. The number of rotatable bonds is 8. The quantitative estimate of drug-likeness (QED) is 0.370. The molecule has 7 heteroatoms. The fourth-order valence-corrected chi connectivity index (χ4v) is 1.85. The van der Waals surface area contributed by atoms with Gasteiger partial charge in [0.2, 0.25) is 0 Å². The largest absolute Gasteiger partial charge is 1.00 e. The number of benzene rings is 1. The number of halogens is 1. The summed E-state index contributed by atoms with van der Waals surface area (Å²) in [4.78, 5) is 12.5. The maximum Gasteiger partial charge on any atom is 0.273 e. The van der Waals surface area contributed by atoms with E-state index in [1.54, 1.807) is 0 Å². The molecule has 21 heavy (non-hydrogen) atoms. The van der Waals surface area contributed by atoms with Crippen molar-refractivity contribution in [3.8, 4) is 11.8 Å². The van der Waals surface area contributed by atoms with Crippen LogP contribution in [-0.4, -0.2) is 36.1 Å². The standard InChI is InChI=1S/C14H19N3O3.ClH/c1-3-16(4-2)8-5-9-20-14-10-13(17(18)19)7-6-12(14)11-15;/h6-7,10H,3-5,8-9H2,1-2H3;1H/p-1. The van der Waals surface area contributed by atoms with Gasteiger partial charge in [0.05, 0.1) is 23.2 Å². The van der Waals surface area contributed by atoms with Crippen molar-refractivity contribution in [1.29, 1.82) is 5.26 Å². The van der Waals surface area contributed by atoms with Gasteiger partial charge in [0.25, 0.3) is 5.69 Å². The molecule has 0 aliphatic rings. The van der Waals surface area contributed by atoms with Crippen LogP contribution >= 0.6 is 0 Å². The highest BCUT2D eigenvalue weighted by Gasteiger charge is 2.11. The molecule has 0 N–H and O–H groups in total. The second-order valence-corrected chi connectivity index (χ2v) is 4.28. The van der Waals surface area contributed by atoms with Crippen molar-refractivity contribution in [3.63, 3.8) is 0 Å². The van der Waals surface area contributed by atoms with E-state index in [0.29, 0.717) is 12.2 Å². The number of nitro groups is 1. The zero-order valence-corrected chi connectivity index (χ0v) is 13.0. The summed E-state index contributed by atoms with van der Waals surface area (Å²) >= 11 is 0. The molecule has 0 fully saturated rings. The summed E-state index contributed by atoms with van der Waals surface area (Å²) in [5, 5.41) is 19.7. The number of nitro benzene ring substituents is 1. The van der Waals surface area contributed by atoms with Gasteiger partial charge in [-0.15, -0.1) is 0 Å². The molecule has 0 saturated carbocycles. The van der Waals surface area contributed by atoms with Crippen LogP contribution in [0.1, 0.15) is 25.8 Å². The average Bonchev–Trinajstić information content (AvgIpc) is 2.47. The molecule has 1 aromatic rings. The van der Waals surface area contributed by atoms with Crippen LogP contribution in [0.5, 0.6) is 5.75 Å². The molecular formula is C14H19ClN3O3-. The molecule has 6 nitrogen and oxygen atoms in total. The number of nitrogens with zero attached hydrogens (tertiary/aromatic N) is 3. The van der Waals surface area contributed by atoms with Crippen LogP contribution in [0.3, 0.4) is 0 Å². The van der Waals surface area contributed by atoms with Crippen LogP contribution < -0.4 is 17.1 Å². The highest BCUT2D eigenvalue weighted by molar-refractivity contribution is 5.49. The summed E-state index contributed by atoms with van der Waals surface area (Å²) in [5.41, 5.74) is 0.251. The van der Waals surface area contributed by atoms with E-state index in [0.717, 1.165) is 26.1 Å². The molecule has 1 rings (SSSR count). The molecule has 0 heterocycles. The van der Waals surface area contributed by atoms with Gasteiger partial charge in [0.1, 0.15) is 11.8 Å². The van der Waals surface area contributed by atoms with Crippen molar-refractivity contribution in [1.82, 2.24) is 4.90 Å². The van der Waals surface area contributed by atoms with E-state index < -0.39 is 4.92 Å². The molecule has 0 unspecified atom stereocenters. The molecule has 0 saturated heterocycles. The van der Waals surface area contributed by atoms with Gasteiger partial charge in [-0.1, -0.05) is 13.8 Å². The number of nitriles is 1. The minimum absolute atomic E-state index is 0. The van der Waals surface area contributed by atoms with E-state index in [9.17, 15) is 10.1 Å². The molecule has 116 valence electrons. The average molecular weight is 313 g/mol. The van der Waals surface area contributed by atoms with E-state index in [1.165, 1.54) is 18.2 Å². The predicted octanol–water partition coefficient (Wildman–Crippen LogP) is -0.419. The van der Waals surface area contributed by atoms with Crippen molar-refractivity contribution in [2.24, 2.45) is 0 Å². The van der Waals surface area contributed by atoms with Crippen LogP contribution in [0.15, 0.2) is 18.2 Å². The fourth-order valence-electron chi connectivity index (χ4n) is 1.85. The number of hydrogen-bond acceptors (Lipinski definition) is 5. The Kier molecular flexibility index (Phi) is 9.10. The van der Waals surface area contributed by atoms with Gasteiger partial charge in [-0.2, -0.15) is 5.26 Å². The van der Waals surface area contributed by atoms with Crippen LogP contribution in [0.2, 0.25) is 0 Å². The molecule has 0 spiro atoms. The van der Waals surface area contributed by atoms with E-state index in [1.807, 2.05) is 6.07 Å². The molecule has 1 aromatic carbocycles. The van der Waals surface area contributed by atoms with E-state index >= 15 is 0 Å². The summed E-state index contributed by atoms with van der Waals surface area (Å²) < 4.78 is 5.50. The first-order valence-corrected chi connectivity index (χ1v) is 6.66. The van der Waals surface area contributed by atoms with Crippen LogP contribution in [-0.2, 0) is 0 Å². The minimum atomic E-state index is -0.496. The molecular weight excluding hydrogens is 294 g/mol. The first-order chi connectivity index (χ1) is 9.62. The Labute approximate surface area is 130 Å². The third kappa shape index (κ3) is 5.98. The summed E-state index contributed by atoms with van der Waals surface area (Å²) in [5.74, 6) is 0.279. The fraction of sp³-hybridized carbons (Fsp3) is 0.500. The van der Waals surface area contributed by atoms with Gasteiger partial charge in [-0.05, 0) is 25.6 Å². The highest BCUT2D eigenvalue weighted by atomic mass is 35.5.